The fourth-order valence-electron chi connectivity index (χ4n) is 7.36. The van der Waals surface area contributed by atoms with E-state index in [4.69, 9.17) is 28.4 Å². The van der Waals surface area contributed by atoms with Crippen LogP contribution in [0.1, 0.15) is 77.5 Å². The van der Waals surface area contributed by atoms with E-state index in [2.05, 4.69) is 53.6 Å². The quantitative estimate of drug-likeness (QED) is 0.159. The van der Waals surface area contributed by atoms with E-state index in [1.54, 1.807) is 35.2 Å². The van der Waals surface area contributed by atoms with Crippen LogP contribution < -0.4 is 13.9 Å². The van der Waals surface area contributed by atoms with Crippen molar-refractivity contribution in [3.05, 3.63) is 162 Å². The van der Waals surface area contributed by atoms with Crippen LogP contribution in [0.5, 0.6) is 11.5 Å². The predicted octanol–water partition coefficient (Wildman–Crippen LogP) is 13.1. The Kier molecular flexibility index (Phi) is 6.24. The molecule has 6 heteroatoms. The lowest BCUT2D eigenvalue weighted by Crippen LogP contribution is -2.12. The van der Waals surface area contributed by atoms with Crippen LogP contribution in [0.25, 0.3) is 38.9 Å². The second-order valence-corrected chi connectivity index (χ2v) is 16.3. The normalized spacial score (nSPS) is 15.8. The molecule has 6 nitrogen and oxygen atoms in total. The van der Waals surface area contributed by atoms with Gasteiger partial charge in [-0.15, -0.1) is 0 Å². The fourth-order valence-corrected chi connectivity index (χ4v) is 7.36. The smallest absolute Gasteiger partial charge is 0.455 e. The average molecular weight is 756 g/mol. The first-order valence-corrected chi connectivity index (χ1v) is 18.8. The first-order valence-electron chi connectivity index (χ1n) is 23.8. The summed E-state index contributed by atoms with van der Waals surface area (Å²) in [7, 11) is 0. The molecule has 0 spiro atoms. The van der Waals surface area contributed by atoms with Gasteiger partial charge in [0.05, 0.1) is 39.9 Å². The Bertz CT molecular complexity index is 3390. The SMILES string of the molecule is [2H]c1c([2H])c([2H])c2c(c1[2H])c1ncc(Oc3cc([N+]4=C=[N+](c5ccccc5-c5c(C([2H])([2H])[2H])cccc5C([2H])([2H])[2H])c5ccccc54)cc(C(C)(C)C)c3)cc1n2-c1cc(C(C)(C)C)ccn1. The number of nitrogens with zero attached hydrogens (tertiary/aromatic N) is 5. The summed E-state index contributed by atoms with van der Waals surface area (Å²) in [6, 6.07) is 33.1. The van der Waals surface area contributed by atoms with E-state index < -0.39 is 13.7 Å². The molecule has 0 aliphatic carbocycles. The number of hydrogen-bond donors (Lipinski definition) is 0. The van der Waals surface area contributed by atoms with Crippen LogP contribution in [0, 0.1) is 13.7 Å². The number of aromatic nitrogens is 3. The molecular formula is C51H47N5O+2. The molecule has 0 fully saturated rings. The van der Waals surface area contributed by atoms with Crippen molar-refractivity contribution >= 4 is 50.7 Å². The Hall–Kier alpha value is -6.62. The molecule has 57 heavy (non-hydrogen) atoms. The van der Waals surface area contributed by atoms with Gasteiger partial charge in [-0.3, -0.25) is 9.55 Å². The van der Waals surface area contributed by atoms with E-state index in [0.717, 1.165) is 22.5 Å². The van der Waals surface area contributed by atoms with E-state index >= 15 is 0 Å². The number of para-hydroxylation sites is 4. The second kappa shape index (κ2) is 13.5. The van der Waals surface area contributed by atoms with E-state index in [9.17, 15) is 0 Å². The van der Waals surface area contributed by atoms with Gasteiger partial charge in [-0.25, -0.2) is 4.98 Å². The molecular weight excluding hydrogens is 699 g/mol. The predicted molar refractivity (Wildman–Crippen MR) is 236 cm³/mol. The Morgan fingerprint density at radius 2 is 1.37 bits per heavy atom. The third-order valence-electron chi connectivity index (χ3n) is 10.3. The maximum Gasteiger partial charge on any atom is 0.503 e. The van der Waals surface area contributed by atoms with Gasteiger partial charge < -0.3 is 4.74 Å². The Morgan fingerprint density at radius 3 is 2.11 bits per heavy atom. The Morgan fingerprint density at radius 1 is 0.667 bits per heavy atom. The molecule has 1 aliphatic heterocycles. The lowest BCUT2D eigenvalue weighted by molar-refractivity contribution is 0.477. The van der Waals surface area contributed by atoms with Gasteiger partial charge in [-0.2, -0.15) is 0 Å². The highest BCUT2D eigenvalue weighted by Crippen LogP contribution is 2.43. The number of pyridine rings is 2. The number of fused-ring (bicyclic) bond motifs is 4. The van der Waals surface area contributed by atoms with Gasteiger partial charge in [0, 0.05) is 50.1 Å². The monoisotopic (exact) mass is 755 g/mol. The van der Waals surface area contributed by atoms with Crippen molar-refractivity contribution in [2.75, 3.05) is 0 Å². The largest absolute Gasteiger partial charge is 0.503 e. The summed E-state index contributed by atoms with van der Waals surface area (Å²) >= 11 is 0. The van der Waals surface area contributed by atoms with Crippen LogP contribution in [0.2, 0.25) is 0 Å². The zero-order valence-corrected chi connectivity index (χ0v) is 32.6. The van der Waals surface area contributed by atoms with E-state index in [1.165, 1.54) is 18.2 Å². The lowest BCUT2D eigenvalue weighted by Gasteiger charge is -2.20. The molecule has 8 aromatic rings. The minimum Gasteiger partial charge on any atom is -0.455 e. The van der Waals surface area contributed by atoms with Crippen molar-refractivity contribution in [3.8, 4) is 28.4 Å². The number of rotatable bonds is 6. The van der Waals surface area contributed by atoms with Gasteiger partial charge in [0.1, 0.15) is 17.3 Å². The first-order chi connectivity index (χ1) is 31.4. The number of aryl methyl sites for hydroxylation is 2. The summed E-state index contributed by atoms with van der Waals surface area (Å²) in [4.78, 5) is 9.49. The van der Waals surface area contributed by atoms with Crippen LogP contribution in [0.15, 0.2) is 140 Å². The summed E-state index contributed by atoms with van der Waals surface area (Å²) < 4.78 is 97.7. The molecule has 0 saturated heterocycles. The molecule has 4 heterocycles. The standard InChI is InChI=1S/C51H47N5O/c1-33-16-15-17-34(2)48(33)40-18-9-11-20-42(40)55-32-54(44-22-13-14-23-45(44)55)37-26-36(51(6,7)8)27-38(29-37)57-39-30-46-49(53-31-39)41-19-10-12-21-43(41)56(46)47-28-35(24-25-52-47)50(3,4)5/h9-31H,1-8H3/q+2/i1D3,2D3,10D,12D,19D,21D. The van der Waals surface area contributed by atoms with Gasteiger partial charge in [0.25, 0.3) is 11.4 Å². The van der Waals surface area contributed by atoms with Gasteiger partial charge >= 0.3 is 6.01 Å². The zero-order valence-electron chi connectivity index (χ0n) is 42.6. The summed E-state index contributed by atoms with van der Waals surface area (Å²) in [5.74, 6) is 1.28. The van der Waals surface area contributed by atoms with Crippen LogP contribution in [0.3, 0.4) is 0 Å². The van der Waals surface area contributed by atoms with Crippen LogP contribution in [-0.4, -0.2) is 20.5 Å². The molecule has 0 N–H and O–H groups in total. The van der Waals surface area contributed by atoms with Crippen LogP contribution in [-0.2, 0) is 10.8 Å². The Labute approximate surface area is 348 Å². The highest BCUT2D eigenvalue weighted by atomic mass is 16.5. The van der Waals surface area contributed by atoms with Gasteiger partial charge in [-0.05, 0) is 91.8 Å². The molecule has 0 bridgehead atoms. The topological polar surface area (TPSA) is 46.0 Å². The number of ether oxygens (including phenoxy) is 1. The van der Waals surface area contributed by atoms with Crippen molar-refractivity contribution in [2.24, 2.45) is 0 Å². The number of hydrogen-bond acceptors (Lipinski definition) is 3. The van der Waals surface area contributed by atoms with Crippen molar-refractivity contribution in [1.29, 1.82) is 0 Å². The summed E-state index contributed by atoms with van der Waals surface area (Å²) in [6.45, 7) is 7.34. The third-order valence-corrected chi connectivity index (χ3v) is 10.3. The molecule has 1 aliphatic rings. The highest BCUT2D eigenvalue weighted by molar-refractivity contribution is 6.07. The van der Waals surface area contributed by atoms with Crippen molar-refractivity contribution < 1.29 is 18.4 Å². The molecule has 9 rings (SSSR count). The molecule has 0 atom stereocenters. The molecule has 0 radical (unpaired) electrons. The molecule has 0 amide bonds. The summed E-state index contributed by atoms with van der Waals surface area (Å²) in [6.07, 6.45) is 3.24. The molecule has 3 aromatic heterocycles. The minimum atomic E-state index is -2.60. The van der Waals surface area contributed by atoms with E-state index in [1.807, 2.05) is 69.8 Å². The lowest BCUT2D eigenvalue weighted by atomic mass is 9.86. The van der Waals surface area contributed by atoms with Gasteiger partial charge in [0.15, 0.2) is 0 Å². The zero-order chi connectivity index (χ0) is 48.1. The van der Waals surface area contributed by atoms with Gasteiger partial charge in [-0.1, -0.05) is 102 Å². The molecule has 5 aromatic carbocycles. The first kappa shape index (κ1) is 26.3. The van der Waals surface area contributed by atoms with Crippen molar-refractivity contribution in [1.82, 2.24) is 23.7 Å². The van der Waals surface area contributed by atoms with E-state index in [0.29, 0.717) is 45.3 Å². The van der Waals surface area contributed by atoms with Crippen LogP contribution in [0.4, 0.5) is 22.7 Å². The Balaban J connectivity index is 1.24. The minimum absolute atomic E-state index is 0.0668. The number of benzene rings is 5. The maximum absolute atomic E-state index is 9.03. The van der Waals surface area contributed by atoms with Gasteiger partial charge in [0.2, 0.25) is 11.4 Å². The molecule has 0 saturated carbocycles. The van der Waals surface area contributed by atoms with Crippen molar-refractivity contribution in [3.63, 3.8) is 0 Å². The highest BCUT2D eigenvalue weighted by Gasteiger charge is 2.38. The maximum atomic E-state index is 9.03. The summed E-state index contributed by atoms with van der Waals surface area (Å²) in [5, 5.41) is 0.272. The van der Waals surface area contributed by atoms with Crippen LogP contribution >= 0.6 is 0 Å². The molecule has 280 valence electrons. The average Bonchev–Trinajstić information content (AvgIpc) is 3.83. The van der Waals surface area contributed by atoms with E-state index in [-0.39, 0.29) is 62.6 Å². The fraction of sp³-hybridized carbons (Fsp3) is 0.196. The second-order valence-electron chi connectivity index (χ2n) is 16.3. The van der Waals surface area contributed by atoms with Crippen molar-refractivity contribution in [2.45, 2.75) is 66.1 Å². The summed E-state index contributed by atoms with van der Waals surface area (Å²) in [5.41, 5.74) is 5.54. The third kappa shape index (κ3) is 6.42. The molecule has 0 unspecified atom stereocenters.